The van der Waals surface area contributed by atoms with Crippen LogP contribution in [0, 0.1) is 5.82 Å². The maximum atomic E-state index is 13.1. The molecule has 1 aromatic carbocycles. The summed E-state index contributed by atoms with van der Waals surface area (Å²) in [4.78, 5) is 4.61. The minimum absolute atomic E-state index is 0.298. The first kappa shape index (κ1) is 15.3. The molecule has 5 heteroatoms. The Kier molecular flexibility index (Phi) is 4.76. The van der Waals surface area contributed by atoms with Gasteiger partial charge in [0.05, 0.1) is 6.61 Å². The fourth-order valence-corrected chi connectivity index (χ4v) is 2.55. The zero-order chi connectivity index (χ0) is 16.1. The molecule has 23 heavy (non-hydrogen) atoms. The largest absolute Gasteiger partial charge is 0.479 e. The van der Waals surface area contributed by atoms with Crippen molar-refractivity contribution in [3.8, 4) is 0 Å². The molecule has 1 aromatic heterocycles. The number of benzene rings is 1. The number of aromatic nitrogens is 1. The van der Waals surface area contributed by atoms with Crippen molar-refractivity contribution in [3.05, 3.63) is 65.9 Å². The van der Waals surface area contributed by atoms with Gasteiger partial charge in [-0.3, -0.25) is 0 Å². The predicted octanol–water partition coefficient (Wildman–Crippen LogP) is 3.72. The van der Waals surface area contributed by atoms with E-state index < -0.39 is 0 Å². The number of fused-ring (bicyclic) bond motifs is 1. The Morgan fingerprint density at radius 3 is 3.13 bits per heavy atom. The minimum Gasteiger partial charge on any atom is -0.479 e. The van der Waals surface area contributed by atoms with Gasteiger partial charge in [-0.2, -0.15) is 0 Å². The molecular formula is C18H20FN3O. The van der Waals surface area contributed by atoms with E-state index in [0.29, 0.717) is 24.6 Å². The molecule has 0 saturated carbocycles. The van der Waals surface area contributed by atoms with Crippen LogP contribution in [0.15, 0.2) is 48.9 Å². The summed E-state index contributed by atoms with van der Waals surface area (Å²) < 4.78 is 18.6. The third kappa shape index (κ3) is 4.22. The summed E-state index contributed by atoms with van der Waals surface area (Å²) in [7, 11) is 0. The molecule has 2 heterocycles. The number of halogens is 1. The van der Waals surface area contributed by atoms with Crippen LogP contribution in [0.25, 0.3) is 0 Å². The number of nitrogens with one attached hydrogen (secondary N) is 2. The molecule has 4 nitrogen and oxygen atoms in total. The number of pyridine rings is 1. The third-order valence-corrected chi connectivity index (χ3v) is 3.69. The van der Waals surface area contributed by atoms with Gasteiger partial charge in [0.15, 0.2) is 5.88 Å². The standard InChI is InChI=1S/C18H20FN3O/c1-13(21-17-6-2-5-15(19)12-17)23-11-9-16-8-7-14-4-3-10-20-18(14)22-16/h2,5-8,12,21H,1,3-4,9-11H2,(H,20,22). The van der Waals surface area contributed by atoms with Crippen LogP contribution in [0.2, 0.25) is 0 Å². The quantitative estimate of drug-likeness (QED) is 0.798. The van der Waals surface area contributed by atoms with Crippen molar-refractivity contribution < 1.29 is 9.13 Å². The Bertz CT molecular complexity index is 702. The Labute approximate surface area is 135 Å². The maximum absolute atomic E-state index is 13.1. The van der Waals surface area contributed by atoms with Crippen molar-refractivity contribution in [2.75, 3.05) is 23.8 Å². The summed E-state index contributed by atoms with van der Waals surface area (Å²) in [5, 5.41) is 6.25. The number of hydrogen-bond acceptors (Lipinski definition) is 4. The monoisotopic (exact) mass is 313 g/mol. The number of aryl methyl sites for hydroxylation is 1. The summed E-state index contributed by atoms with van der Waals surface area (Å²) in [5.74, 6) is 1.09. The van der Waals surface area contributed by atoms with Gasteiger partial charge < -0.3 is 15.4 Å². The number of nitrogens with zero attached hydrogens (tertiary/aromatic N) is 1. The topological polar surface area (TPSA) is 46.2 Å². The highest BCUT2D eigenvalue weighted by Gasteiger charge is 2.10. The van der Waals surface area contributed by atoms with Crippen LogP contribution in [0.4, 0.5) is 15.9 Å². The Balaban J connectivity index is 1.48. The van der Waals surface area contributed by atoms with Crippen LogP contribution in [-0.4, -0.2) is 18.1 Å². The van der Waals surface area contributed by atoms with E-state index in [1.54, 1.807) is 12.1 Å². The van der Waals surface area contributed by atoms with Gasteiger partial charge in [0.1, 0.15) is 11.6 Å². The highest BCUT2D eigenvalue weighted by molar-refractivity contribution is 5.47. The van der Waals surface area contributed by atoms with Crippen molar-refractivity contribution in [3.63, 3.8) is 0 Å². The lowest BCUT2D eigenvalue weighted by atomic mass is 10.1. The SMILES string of the molecule is C=C(Nc1cccc(F)c1)OCCc1ccc2c(n1)NCCC2. The zero-order valence-electron chi connectivity index (χ0n) is 12.9. The number of hydrogen-bond donors (Lipinski definition) is 2. The van der Waals surface area contributed by atoms with Gasteiger partial charge in [-0.15, -0.1) is 0 Å². The maximum Gasteiger partial charge on any atom is 0.183 e. The number of anilines is 2. The van der Waals surface area contributed by atoms with Gasteiger partial charge in [0.2, 0.25) is 0 Å². The molecule has 0 spiro atoms. The lowest BCUT2D eigenvalue weighted by molar-refractivity contribution is 0.221. The molecular weight excluding hydrogens is 293 g/mol. The summed E-state index contributed by atoms with van der Waals surface area (Å²) in [6.45, 7) is 5.24. The summed E-state index contributed by atoms with van der Waals surface area (Å²) in [6.07, 6.45) is 2.93. The van der Waals surface area contributed by atoms with Crippen molar-refractivity contribution in [2.45, 2.75) is 19.3 Å². The normalized spacial score (nSPS) is 12.9. The van der Waals surface area contributed by atoms with Gasteiger partial charge in [0, 0.05) is 24.3 Å². The second-order valence-electron chi connectivity index (χ2n) is 5.50. The molecule has 3 rings (SSSR count). The molecule has 0 bridgehead atoms. The van der Waals surface area contributed by atoms with Crippen LogP contribution < -0.4 is 10.6 Å². The average Bonchev–Trinajstić information content (AvgIpc) is 2.55. The molecule has 1 aliphatic rings. The Hall–Kier alpha value is -2.56. The molecule has 0 unspecified atom stereocenters. The molecule has 2 aromatic rings. The van der Waals surface area contributed by atoms with E-state index in [9.17, 15) is 4.39 Å². The molecule has 1 aliphatic heterocycles. The first-order valence-electron chi connectivity index (χ1n) is 7.78. The van der Waals surface area contributed by atoms with Crippen molar-refractivity contribution >= 4 is 11.5 Å². The van der Waals surface area contributed by atoms with E-state index in [1.165, 1.54) is 17.7 Å². The smallest absolute Gasteiger partial charge is 0.183 e. The van der Waals surface area contributed by atoms with E-state index >= 15 is 0 Å². The highest BCUT2D eigenvalue weighted by Crippen LogP contribution is 2.20. The first-order chi connectivity index (χ1) is 11.2. The second kappa shape index (κ2) is 7.13. The molecule has 0 fully saturated rings. The number of rotatable bonds is 6. The Morgan fingerprint density at radius 1 is 1.35 bits per heavy atom. The molecule has 0 atom stereocenters. The van der Waals surface area contributed by atoms with Crippen LogP contribution in [0.5, 0.6) is 0 Å². The van der Waals surface area contributed by atoms with Gasteiger partial charge in [0.25, 0.3) is 0 Å². The predicted molar refractivity (Wildman–Crippen MR) is 89.9 cm³/mol. The molecule has 0 radical (unpaired) electrons. The van der Waals surface area contributed by atoms with Crippen LogP contribution in [0.1, 0.15) is 17.7 Å². The van der Waals surface area contributed by atoms with E-state index in [2.05, 4.69) is 28.3 Å². The van der Waals surface area contributed by atoms with Crippen LogP contribution in [0.3, 0.4) is 0 Å². The summed E-state index contributed by atoms with van der Waals surface area (Å²) >= 11 is 0. The first-order valence-corrected chi connectivity index (χ1v) is 7.78. The van der Waals surface area contributed by atoms with Gasteiger partial charge >= 0.3 is 0 Å². The van der Waals surface area contributed by atoms with Crippen molar-refractivity contribution in [1.82, 2.24) is 4.98 Å². The fourth-order valence-electron chi connectivity index (χ4n) is 2.55. The van der Waals surface area contributed by atoms with Gasteiger partial charge in [-0.05, 0) is 49.2 Å². The van der Waals surface area contributed by atoms with E-state index in [-0.39, 0.29) is 5.82 Å². The Morgan fingerprint density at radius 2 is 2.26 bits per heavy atom. The lowest BCUT2D eigenvalue weighted by Crippen LogP contribution is -2.14. The molecule has 0 saturated heterocycles. The van der Waals surface area contributed by atoms with Crippen LogP contribution in [-0.2, 0) is 17.6 Å². The number of ether oxygens (including phenoxy) is 1. The van der Waals surface area contributed by atoms with Crippen LogP contribution >= 0.6 is 0 Å². The highest BCUT2D eigenvalue weighted by atomic mass is 19.1. The third-order valence-electron chi connectivity index (χ3n) is 3.69. The van der Waals surface area contributed by atoms with E-state index in [1.807, 2.05) is 6.07 Å². The fraction of sp³-hybridized carbons (Fsp3) is 0.278. The van der Waals surface area contributed by atoms with Crippen molar-refractivity contribution in [1.29, 1.82) is 0 Å². The minimum atomic E-state index is -0.298. The summed E-state index contributed by atoms with van der Waals surface area (Å²) in [5.41, 5.74) is 2.88. The second-order valence-corrected chi connectivity index (χ2v) is 5.50. The average molecular weight is 313 g/mol. The molecule has 0 aliphatic carbocycles. The summed E-state index contributed by atoms with van der Waals surface area (Å²) in [6, 6.07) is 10.3. The van der Waals surface area contributed by atoms with Gasteiger partial charge in [-0.25, -0.2) is 9.37 Å². The molecule has 2 N–H and O–H groups in total. The van der Waals surface area contributed by atoms with E-state index in [4.69, 9.17) is 4.74 Å². The molecule has 0 amide bonds. The van der Waals surface area contributed by atoms with E-state index in [0.717, 1.165) is 30.9 Å². The van der Waals surface area contributed by atoms with Crippen molar-refractivity contribution in [2.24, 2.45) is 0 Å². The lowest BCUT2D eigenvalue weighted by Gasteiger charge is -2.17. The molecule has 120 valence electrons. The zero-order valence-corrected chi connectivity index (χ0v) is 12.9. The van der Waals surface area contributed by atoms with Gasteiger partial charge in [-0.1, -0.05) is 12.1 Å².